The van der Waals surface area contributed by atoms with Gasteiger partial charge in [-0.15, -0.1) is 54.1 Å². The molecule has 235 valence electrons. The molecule has 4 nitrogen and oxygen atoms in total. The van der Waals surface area contributed by atoms with Crippen molar-refractivity contribution in [3.63, 3.8) is 0 Å². The molecule has 4 aromatic carbocycles. The quantitative estimate of drug-likeness (QED) is 0.163. The fraction of sp³-hybridized carbons (Fsp3) is 0.143. The molecule has 8 aromatic rings. The summed E-state index contributed by atoms with van der Waals surface area (Å²) in [7, 11) is 0. The summed E-state index contributed by atoms with van der Waals surface area (Å²) in [6.07, 6.45) is 3.61. The van der Waals surface area contributed by atoms with Crippen molar-refractivity contribution in [1.29, 1.82) is 0 Å². The first-order chi connectivity index (χ1) is 22.7. The van der Waals surface area contributed by atoms with E-state index in [0.29, 0.717) is 5.92 Å². The molecule has 0 fully saturated rings. The smallest absolute Gasteiger partial charge is 0.138 e. The summed E-state index contributed by atoms with van der Waals surface area (Å²) in [5.41, 5.74) is 9.31. The van der Waals surface area contributed by atoms with Crippen LogP contribution in [0.5, 0.6) is 0 Å². The topological polar surface area (TPSA) is 52.1 Å². The molecule has 0 aliphatic heterocycles. The maximum absolute atomic E-state index is 7.99. The van der Waals surface area contributed by atoms with Crippen molar-refractivity contribution in [2.75, 3.05) is 0 Å². The van der Waals surface area contributed by atoms with Crippen LogP contribution >= 0.6 is 0 Å². The van der Waals surface area contributed by atoms with Gasteiger partial charge in [0, 0.05) is 56.3 Å². The Balaban J connectivity index is 0.000000201. The summed E-state index contributed by atoms with van der Waals surface area (Å²) in [5, 5.41) is 3.19. The summed E-state index contributed by atoms with van der Waals surface area (Å²) >= 11 is 0. The molecule has 4 heterocycles. The van der Waals surface area contributed by atoms with Crippen LogP contribution in [-0.2, 0) is 20.1 Å². The van der Waals surface area contributed by atoms with Crippen molar-refractivity contribution >= 4 is 32.9 Å². The molecule has 0 amide bonds. The minimum atomic E-state index is -0.591. The van der Waals surface area contributed by atoms with Crippen molar-refractivity contribution in [3.05, 3.63) is 145 Å². The molecule has 5 heteroatoms. The average molecular weight is 792 g/mol. The fourth-order valence-electron chi connectivity index (χ4n) is 5.59. The number of nitrogens with zero attached hydrogens (tertiary/aromatic N) is 2. The molecule has 0 spiro atoms. The van der Waals surface area contributed by atoms with Gasteiger partial charge in [-0.3, -0.25) is 0 Å². The number of pyridine rings is 2. The third-order valence-electron chi connectivity index (χ3n) is 8.16. The monoisotopic (exact) mass is 792 g/mol. The SMILES string of the molecule is CC(C)c1ccnc(-c2[c-]ccc3c2oc2cc4oc(-c5ccccc5)cc4cc23)c1.[2H]C(C)(C)c1ccnc(-c2[c-]cccc2)c1.[Ir]. The van der Waals surface area contributed by atoms with Crippen LogP contribution in [0, 0.1) is 12.1 Å². The zero-order valence-corrected chi connectivity index (χ0v) is 29.1. The summed E-state index contributed by atoms with van der Waals surface area (Å²) in [6, 6.07) is 42.6. The van der Waals surface area contributed by atoms with E-state index in [9.17, 15) is 0 Å². The zero-order valence-electron chi connectivity index (χ0n) is 27.7. The number of aromatic nitrogens is 2. The van der Waals surface area contributed by atoms with Crippen molar-refractivity contribution in [2.45, 2.75) is 39.5 Å². The minimum absolute atomic E-state index is 0. The Kier molecular flexibility index (Phi) is 9.10. The minimum Gasteiger partial charge on any atom is -0.500 e. The van der Waals surface area contributed by atoms with E-state index in [-0.39, 0.29) is 20.1 Å². The Hall–Kier alpha value is -4.83. The molecule has 8 rings (SSSR count). The van der Waals surface area contributed by atoms with Crippen LogP contribution in [0.15, 0.2) is 130 Å². The first-order valence-corrected chi connectivity index (χ1v) is 15.5. The van der Waals surface area contributed by atoms with E-state index >= 15 is 0 Å². The number of fused-ring (bicyclic) bond motifs is 4. The summed E-state index contributed by atoms with van der Waals surface area (Å²) < 4.78 is 20.5. The van der Waals surface area contributed by atoms with E-state index in [2.05, 4.69) is 78.4 Å². The van der Waals surface area contributed by atoms with Gasteiger partial charge in [-0.2, -0.15) is 0 Å². The van der Waals surface area contributed by atoms with E-state index in [1.54, 1.807) is 6.20 Å². The number of furan rings is 2. The number of hydrogen-bond donors (Lipinski definition) is 0. The van der Waals surface area contributed by atoms with Crippen LogP contribution in [-0.4, -0.2) is 9.97 Å². The Bertz CT molecular complexity index is 2320. The molecule has 47 heavy (non-hydrogen) atoms. The van der Waals surface area contributed by atoms with Gasteiger partial charge in [-0.1, -0.05) is 92.2 Å². The summed E-state index contributed by atoms with van der Waals surface area (Å²) in [6.45, 7) is 8.12. The van der Waals surface area contributed by atoms with Gasteiger partial charge in [0.15, 0.2) is 0 Å². The molecule has 0 aliphatic carbocycles. The van der Waals surface area contributed by atoms with Gasteiger partial charge in [0.25, 0.3) is 0 Å². The third kappa shape index (κ3) is 6.69. The standard InChI is InChI=1S/C28H20NO2.C14H14N.Ir/c1-17(2)19-11-12-29-24(14-19)22-10-6-9-21-23-13-20-15-25(18-7-4-3-5-8-18)30-26(20)16-27(23)31-28(21)22;1-11(2)13-8-9-15-14(10-13)12-6-4-3-5-7-12;/h3-9,11-17H,1-2H3;3-6,8-11H,1-2H3;/q2*-1;/i;11D;. The van der Waals surface area contributed by atoms with Crippen LogP contribution in [0.25, 0.3) is 66.7 Å². The Morgan fingerprint density at radius 3 is 2.15 bits per heavy atom. The van der Waals surface area contributed by atoms with E-state index < -0.39 is 5.89 Å². The first kappa shape index (κ1) is 30.8. The average Bonchev–Trinajstić information content (AvgIpc) is 3.68. The van der Waals surface area contributed by atoms with Crippen LogP contribution in [0.3, 0.4) is 0 Å². The Morgan fingerprint density at radius 2 is 1.40 bits per heavy atom. The van der Waals surface area contributed by atoms with E-state index in [1.165, 1.54) is 5.56 Å². The summed E-state index contributed by atoms with van der Waals surface area (Å²) in [5.74, 6) is 0.700. The first-order valence-electron chi connectivity index (χ1n) is 16.0. The van der Waals surface area contributed by atoms with Gasteiger partial charge >= 0.3 is 0 Å². The van der Waals surface area contributed by atoms with E-state index in [0.717, 1.165) is 72.3 Å². The van der Waals surface area contributed by atoms with Crippen LogP contribution < -0.4 is 0 Å². The largest absolute Gasteiger partial charge is 0.500 e. The normalized spacial score (nSPS) is 11.7. The molecule has 0 bridgehead atoms. The van der Waals surface area contributed by atoms with Gasteiger partial charge in [-0.05, 0) is 47.5 Å². The van der Waals surface area contributed by atoms with Gasteiger partial charge in [0.1, 0.15) is 16.9 Å². The molecule has 0 aliphatic rings. The van der Waals surface area contributed by atoms with Crippen LogP contribution in [0.2, 0.25) is 0 Å². The van der Waals surface area contributed by atoms with Crippen molar-refractivity contribution in [3.8, 4) is 33.8 Å². The fourth-order valence-corrected chi connectivity index (χ4v) is 5.59. The molecule has 0 unspecified atom stereocenters. The second kappa shape index (κ2) is 13.9. The van der Waals surface area contributed by atoms with Crippen molar-refractivity contribution in [2.24, 2.45) is 0 Å². The molecule has 0 saturated heterocycles. The van der Waals surface area contributed by atoms with Gasteiger partial charge < -0.3 is 18.8 Å². The molecular weight excluding hydrogens is 757 g/mol. The van der Waals surface area contributed by atoms with Gasteiger partial charge in [0.05, 0.1) is 5.58 Å². The number of rotatable bonds is 5. The molecule has 4 aromatic heterocycles. The second-order valence-corrected chi connectivity index (χ2v) is 11.9. The van der Waals surface area contributed by atoms with Crippen molar-refractivity contribution < 1.29 is 30.3 Å². The number of hydrogen-bond acceptors (Lipinski definition) is 4. The summed E-state index contributed by atoms with van der Waals surface area (Å²) in [4.78, 5) is 8.90. The zero-order chi connectivity index (χ0) is 32.5. The van der Waals surface area contributed by atoms with Gasteiger partial charge in [-0.25, -0.2) is 0 Å². The predicted octanol–water partition coefficient (Wildman–Crippen LogP) is 11.7. The molecule has 0 saturated carbocycles. The Morgan fingerprint density at radius 1 is 0.660 bits per heavy atom. The van der Waals surface area contributed by atoms with E-state index in [4.69, 9.17) is 10.2 Å². The van der Waals surface area contributed by atoms with Crippen LogP contribution in [0.4, 0.5) is 0 Å². The maximum Gasteiger partial charge on any atom is 0.138 e. The maximum atomic E-state index is 7.99. The van der Waals surface area contributed by atoms with Crippen LogP contribution in [0.1, 0.15) is 52.0 Å². The number of benzene rings is 4. The van der Waals surface area contributed by atoms with E-state index in [1.807, 2.05) is 86.8 Å². The van der Waals surface area contributed by atoms with Gasteiger partial charge in [0.2, 0.25) is 0 Å². The predicted molar refractivity (Wildman–Crippen MR) is 188 cm³/mol. The molecule has 0 N–H and O–H groups in total. The second-order valence-electron chi connectivity index (χ2n) is 11.9. The molecular formula is C42H34IrN2O2-2. The Labute approximate surface area is 290 Å². The molecule has 0 atom stereocenters. The molecule has 1 radical (unpaired) electrons. The third-order valence-corrected chi connectivity index (χ3v) is 8.16. The van der Waals surface area contributed by atoms with Crippen molar-refractivity contribution in [1.82, 2.24) is 9.97 Å².